The molecule has 1 aliphatic carbocycles. The molecule has 0 aliphatic heterocycles. The smallest absolute Gasteiger partial charge is 0.224 e. The zero-order valence-corrected chi connectivity index (χ0v) is 12.7. The Morgan fingerprint density at radius 1 is 1.24 bits per heavy atom. The highest BCUT2D eigenvalue weighted by molar-refractivity contribution is 5.78. The van der Waals surface area contributed by atoms with E-state index in [1.165, 1.54) is 0 Å². The molecule has 0 fully saturated rings. The second-order valence-corrected chi connectivity index (χ2v) is 4.97. The highest BCUT2D eigenvalue weighted by Crippen LogP contribution is 2.08. The number of unbranched alkanes of at least 4 members (excludes halogenated alkanes) is 2. The molecule has 0 bridgehead atoms. The van der Waals surface area contributed by atoms with E-state index in [0.29, 0.717) is 30.8 Å². The fraction of sp³-hybridized carbons (Fsp3) is 0.500. The normalized spacial score (nSPS) is 14.0. The van der Waals surface area contributed by atoms with Crippen LogP contribution in [0.3, 0.4) is 0 Å². The lowest BCUT2D eigenvalue weighted by Crippen LogP contribution is -2.26. The minimum atomic E-state index is -0.0227. The molecule has 0 aromatic rings. The van der Waals surface area contributed by atoms with Crippen LogP contribution in [-0.2, 0) is 9.59 Å². The van der Waals surface area contributed by atoms with Crippen molar-refractivity contribution in [2.75, 3.05) is 6.54 Å². The van der Waals surface area contributed by atoms with E-state index < -0.39 is 0 Å². The van der Waals surface area contributed by atoms with Gasteiger partial charge in [0.05, 0.1) is 11.4 Å². The van der Waals surface area contributed by atoms with Crippen molar-refractivity contribution in [1.29, 1.82) is 0 Å². The SMILES string of the molecule is CCC(=O)NCCCCCC(=O)NC1=CC=CCC=C1N. The highest BCUT2D eigenvalue weighted by atomic mass is 16.2. The van der Waals surface area contributed by atoms with E-state index in [9.17, 15) is 9.59 Å². The van der Waals surface area contributed by atoms with Crippen LogP contribution in [0, 0.1) is 0 Å². The number of allylic oxidation sites excluding steroid dienone is 4. The van der Waals surface area contributed by atoms with Crippen molar-refractivity contribution in [2.24, 2.45) is 5.73 Å². The second-order valence-electron chi connectivity index (χ2n) is 4.97. The van der Waals surface area contributed by atoms with E-state index in [0.717, 1.165) is 25.7 Å². The monoisotopic (exact) mass is 291 g/mol. The van der Waals surface area contributed by atoms with Crippen molar-refractivity contribution in [1.82, 2.24) is 10.6 Å². The number of nitrogens with one attached hydrogen (secondary N) is 2. The van der Waals surface area contributed by atoms with Crippen LogP contribution in [0.15, 0.2) is 35.7 Å². The summed E-state index contributed by atoms with van der Waals surface area (Å²) in [7, 11) is 0. The Labute approximate surface area is 126 Å². The Morgan fingerprint density at radius 2 is 2.05 bits per heavy atom. The summed E-state index contributed by atoms with van der Waals surface area (Å²) in [5, 5.41) is 5.65. The second kappa shape index (κ2) is 9.80. The topological polar surface area (TPSA) is 84.2 Å². The molecule has 0 heterocycles. The largest absolute Gasteiger partial charge is 0.397 e. The summed E-state index contributed by atoms with van der Waals surface area (Å²) in [6, 6.07) is 0. The molecule has 0 saturated heterocycles. The molecule has 21 heavy (non-hydrogen) atoms. The summed E-state index contributed by atoms with van der Waals surface area (Å²) in [6.45, 7) is 2.51. The minimum Gasteiger partial charge on any atom is -0.397 e. The number of hydrogen-bond donors (Lipinski definition) is 3. The summed E-state index contributed by atoms with van der Waals surface area (Å²) in [4.78, 5) is 22.9. The predicted octanol–water partition coefficient (Wildman–Crippen LogP) is 1.88. The summed E-state index contributed by atoms with van der Waals surface area (Å²) in [5.74, 6) is 0.0499. The minimum absolute atomic E-state index is 0.0227. The van der Waals surface area contributed by atoms with Gasteiger partial charge in [-0.2, -0.15) is 0 Å². The Bertz CT molecular complexity index is 450. The van der Waals surface area contributed by atoms with E-state index >= 15 is 0 Å². The molecular weight excluding hydrogens is 266 g/mol. The zero-order chi connectivity index (χ0) is 15.5. The first kappa shape index (κ1) is 17.0. The molecule has 5 nitrogen and oxygen atoms in total. The molecule has 0 unspecified atom stereocenters. The van der Waals surface area contributed by atoms with Gasteiger partial charge >= 0.3 is 0 Å². The molecule has 0 aromatic heterocycles. The third kappa shape index (κ3) is 7.34. The molecule has 0 spiro atoms. The first-order valence-corrected chi connectivity index (χ1v) is 7.53. The summed E-state index contributed by atoms with van der Waals surface area (Å²) in [5.41, 5.74) is 7.14. The van der Waals surface area contributed by atoms with Crippen molar-refractivity contribution < 1.29 is 9.59 Å². The van der Waals surface area contributed by atoms with Crippen molar-refractivity contribution in [2.45, 2.75) is 45.4 Å². The lowest BCUT2D eigenvalue weighted by molar-refractivity contribution is -0.121. The van der Waals surface area contributed by atoms with Crippen LogP contribution in [-0.4, -0.2) is 18.4 Å². The van der Waals surface area contributed by atoms with Crippen molar-refractivity contribution in [3.05, 3.63) is 35.7 Å². The molecule has 1 rings (SSSR count). The van der Waals surface area contributed by atoms with Crippen LogP contribution >= 0.6 is 0 Å². The lowest BCUT2D eigenvalue weighted by Gasteiger charge is -2.09. The maximum Gasteiger partial charge on any atom is 0.224 e. The van der Waals surface area contributed by atoms with Gasteiger partial charge in [-0.15, -0.1) is 0 Å². The molecular formula is C16H25N3O2. The van der Waals surface area contributed by atoms with Gasteiger partial charge in [0.25, 0.3) is 0 Å². The van der Waals surface area contributed by atoms with Crippen LogP contribution in [0.2, 0.25) is 0 Å². The number of carbonyl (C=O) groups is 2. The number of rotatable bonds is 8. The number of amides is 2. The van der Waals surface area contributed by atoms with E-state index in [1.54, 1.807) is 0 Å². The third-order valence-corrected chi connectivity index (χ3v) is 3.18. The van der Waals surface area contributed by atoms with Crippen molar-refractivity contribution >= 4 is 11.8 Å². The lowest BCUT2D eigenvalue weighted by atomic mass is 10.2. The predicted molar refractivity (Wildman–Crippen MR) is 84.0 cm³/mol. The van der Waals surface area contributed by atoms with Gasteiger partial charge in [0.1, 0.15) is 0 Å². The van der Waals surface area contributed by atoms with Crippen LogP contribution in [0.1, 0.15) is 45.4 Å². The Balaban J connectivity index is 2.15. The quantitative estimate of drug-likeness (QED) is 0.597. The van der Waals surface area contributed by atoms with Crippen LogP contribution < -0.4 is 16.4 Å². The molecule has 0 radical (unpaired) electrons. The zero-order valence-electron chi connectivity index (χ0n) is 12.7. The van der Waals surface area contributed by atoms with Crippen molar-refractivity contribution in [3.63, 3.8) is 0 Å². The molecule has 0 saturated carbocycles. The average molecular weight is 291 g/mol. The fourth-order valence-corrected chi connectivity index (χ4v) is 1.91. The van der Waals surface area contributed by atoms with Crippen LogP contribution in [0.4, 0.5) is 0 Å². The fourth-order valence-electron chi connectivity index (χ4n) is 1.91. The van der Waals surface area contributed by atoms with Crippen LogP contribution in [0.5, 0.6) is 0 Å². The van der Waals surface area contributed by atoms with Gasteiger partial charge in [-0.25, -0.2) is 0 Å². The molecule has 0 atom stereocenters. The molecule has 2 amide bonds. The van der Waals surface area contributed by atoms with Gasteiger partial charge in [-0.1, -0.05) is 31.6 Å². The van der Waals surface area contributed by atoms with Gasteiger partial charge < -0.3 is 16.4 Å². The molecule has 1 aliphatic rings. The van der Waals surface area contributed by atoms with E-state index in [-0.39, 0.29) is 11.8 Å². The van der Waals surface area contributed by atoms with Gasteiger partial charge in [0, 0.05) is 19.4 Å². The van der Waals surface area contributed by atoms with Gasteiger partial charge in [0.15, 0.2) is 0 Å². The number of nitrogens with two attached hydrogens (primary N) is 1. The maximum absolute atomic E-state index is 11.8. The molecule has 4 N–H and O–H groups in total. The Morgan fingerprint density at radius 3 is 2.81 bits per heavy atom. The molecule has 0 aromatic carbocycles. The van der Waals surface area contributed by atoms with E-state index in [2.05, 4.69) is 10.6 Å². The Hall–Kier alpha value is -2.04. The van der Waals surface area contributed by atoms with Gasteiger partial charge in [-0.05, 0) is 25.3 Å². The van der Waals surface area contributed by atoms with Gasteiger partial charge in [-0.3, -0.25) is 9.59 Å². The first-order valence-electron chi connectivity index (χ1n) is 7.53. The van der Waals surface area contributed by atoms with E-state index in [1.807, 2.05) is 31.2 Å². The molecule has 5 heteroatoms. The molecule has 116 valence electrons. The first-order chi connectivity index (χ1) is 10.1. The number of carbonyl (C=O) groups excluding carboxylic acids is 2. The van der Waals surface area contributed by atoms with Gasteiger partial charge in [0.2, 0.25) is 11.8 Å². The Kier molecular flexibility index (Phi) is 7.94. The van der Waals surface area contributed by atoms with Crippen LogP contribution in [0.25, 0.3) is 0 Å². The highest BCUT2D eigenvalue weighted by Gasteiger charge is 2.07. The van der Waals surface area contributed by atoms with Crippen molar-refractivity contribution in [3.8, 4) is 0 Å². The summed E-state index contributed by atoms with van der Waals surface area (Å²) < 4.78 is 0. The summed E-state index contributed by atoms with van der Waals surface area (Å²) in [6.07, 6.45) is 12.0. The average Bonchev–Trinajstić information content (AvgIpc) is 2.67. The summed E-state index contributed by atoms with van der Waals surface area (Å²) >= 11 is 0. The number of hydrogen-bond acceptors (Lipinski definition) is 3. The standard InChI is InChI=1S/C16H25N3O2/c1-2-15(20)18-12-8-4-7-11-16(21)19-14-10-6-3-5-9-13(14)17/h3,6,9-10H,2,4-5,7-8,11-12,17H2,1H3,(H,18,20)(H,19,21). The third-order valence-electron chi connectivity index (χ3n) is 3.18. The van der Waals surface area contributed by atoms with E-state index in [4.69, 9.17) is 5.73 Å². The maximum atomic E-state index is 11.8.